The lowest BCUT2D eigenvalue weighted by atomic mass is 9.87. The number of fused-ring (bicyclic) bond motifs is 2. The van der Waals surface area contributed by atoms with Gasteiger partial charge in [-0.2, -0.15) is 0 Å². The summed E-state index contributed by atoms with van der Waals surface area (Å²) >= 11 is 6.17. The number of hydrogen-bond acceptors (Lipinski definition) is 2. The van der Waals surface area contributed by atoms with Gasteiger partial charge < -0.3 is 5.32 Å². The summed E-state index contributed by atoms with van der Waals surface area (Å²) in [6.07, 6.45) is 9.20. The second-order valence-corrected chi connectivity index (χ2v) is 6.03. The Morgan fingerprint density at radius 1 is 1.39 bits per heavy atom. The first-order valence-electron chi connectivity index (χ1n) is 6.71. The molecule has 1 heterocycles. The van der Waals surface area contributed by atoms with Crippen molar-refractivity contribution in [3.05, 3.63) is 35.1 Å². The van der Waals surface area contributed by atoms with Crippen molar-refractivity contribution >= 4 is 17.3 Å². The average Bonchev–Trinajstić information content (AvgIpc) is 2.96. The van der Waals surface area contributed by atoms with Crippen LogP contribution in [0.5, 0.6) is 0 Å². The Labute approximate surface area is 113 Å². The van der Waals surface area contributed by atoms with E-state index in [0.29, 0.717) is 11.2 Å². The number of aromatic nitrogens is 1. The van der Waals surface area contributed by atoms with Crippen LogP contribution in [0.4, 0.5) is 5.69 Å². The fourth-order valence-electron chi connectivity index (χ4n) is 3.43. The first-order valence-corrected chi connectivity index (χ1v) is 7.09. The van der Waals surface area contributed by atoms with E-state index in [2.05, 4.69) is 36.3 Å². The first kappa shape index (κ1) is 12.0. The number of aryl methyl sites for hydroxylation is 1. The minimum Gasteiger partial charge on any atom is -0.380 e. The number of nitrogens with zero attached hydrogens (tertiary/aromatic N) is 1. The number of rotatable bonds is 3. The topological polar surface area (TPSA) is 24.9 Å². The van der Waals surface area contributed by atoms with E-state index in [1.54, 1.807) is 6.20 Å². The number of nitrogens with one attached hydrogen (secondary N) is 1. The predicted octanol–water partition coefficient (Wildman–Crippen LogP) is 4.06. The van der Waals surface area contributed by atoms with Crippen LogP contribution in [-0.2, 0) is 0 Å². The van der Waals surface area contributed by atoms with Gasteiger partial charge in [0.15, 0.2) is 5.15 Å². The molecule has 0 aliphatic heterocycles. The molecule has 1 N–H and O–H groups in total. The molecule has 4 atom stereocenters. The van der Waals surface area contributed by atoms with E-state index < -0.39 is 0 Å². The molecule has 3 heteroatoms. The molecule has 2 aliphatic rings. The SMILES string of the molecule is Cc1ccnc(Cl)c1NC(C)C1CC2C=CC1C2. The lowest BCUT2D eigenvalue weighted by Crippen LogP contribution is -2.29. The Balaban J connectivity index is 1.75. The summed E-state index contributed by atoms with van der Waals surface area (Å²) in [5.41, 5.74) is 2.17. The van der Waals surface area contributed by atoms with Gasteiger partial charge in [-0.25, -0.2) is 4.98 Å². The van der Waals surface area contributed by atoms with Crippen LogP contribution in [0.3, 0.4) is 0 Å². The maximum atomic E-state index is 6.17. The molecule has 2 aliphatic carbocycles. The maximum Gasteiger partial charge on any atom is 0.152 e. The third-order valence-corrected chi connectivity index (χ3v) is 4.74. The van der Waals surface area contributed by atoms with Crippen LogP contribution in [-0.4, -0.2) is 11.0 Å². The van der Waals surface area contributed by atoms with E-state index in [0.717, 1.165) is 23.4 Å². The highest BCUT2D eigenvalue weighted by atomic mass is 35.5. The second-order valence-electron chi connectivity index (χ2n) is 5.67. The summed E-state index contributed by atoms with van der Waals surface area (Å²) in [5, 5.41) is 4.16. The average molecular weight is 263 g/mol. The van der Waals surface area contributed by atoms with E-state index >= 15 is 0 Å². The molecule has 18 heavy (non-hydrogen) atoms. The molecule has 0 aromatic carbocycles. The summed E-state index contributed by atoms with van der Waals surface area (Å²) < 4.78 is 0. The molecular formula is C15H19ClN2. The third-order valence-electron chi connectivity index (χ3n) is 4.46. The van der Waals surface area contributed by atoms with Crippen LogP contribution in [0.25, 0.3) is 0 Å². The number of halogens is 1. The van der Waals surface area contributed by atoms with Crippen molar-refractivity contribution < 1.29 is 0 Å². The van der Waals surface area contributed by atoms with Gasteiger partial charge in [0.1, 0.15) is 0 Å². The number of hydrogen-bond donors (Lipinski definition) is 1. The fraction of sp³-hybridized carbons (Fsp3) is 0.533. The molecule has 4 unspecified atom stereocenters. The van der Waals surface area contributed by atoms with Gasteiger partial charge in [0, 0.05) is 12.2 Å². The fourth-order valence-corrected chi connectivity index (χ4v) is 3.69. The maximum absolute atomic E-state index is 6.17. The Morgan fingerprint density at radius 3 is 2.83 bits per heavy atom. The molecule has 3 rings (SSSR count). The zero-order valence-corrected chi connectivity index (χ0v) is 11.6. The van der Waals surface area contributed by atoms with Crippen molar-refractivity contribution in [2.75, 3.05) is 5.32 Å². The molecule has 1 fully saturated rings. The molecule has 96 valence electrons. The molecule has 1 aromatic heterocycles. The van der Waals surface area contributed by atoms with Crippen LogP contribution in [0.2, 0.25) is 5.15 Å². The van der Waals surface area contributed by atoms with Crippen LogP contribution in [0.1, 0.15) is 25.3 Å². The van der Waals surface area contributed by atoms with Gasteiger partial charge >= 0.3 is 0 Å². The van der Waals surface area contributed by atoms with E-state index in [4.69, 9.17) is 11.6 Å². The molecule has 0 saturated heterocycles. The van der Waals surface area contributed by atoms with Gasteiger partial charge in [0.05, 0.1) is 5.69 Å². The molecule has 2 bridgehead atoms. The highest BCUT2D eigenvalue weighted by Gasteiger charge is 2.38. The molecule has 1 saturated carbocycles. The van der Waals surface area contributed by atoms with Crippen LogP contribution < -0.4 is 5.32 Å². The van der Waals surface area contributed by atoms with E-state index in [-0.39, 0.29) is 0 Å². The summed E-state index contributed by atoms with van der Waals surface area (Å²) in [6, 6.07) is 2.45. The van der Waals surface area contributed by atoms with Gasteiger partial charge in [0.2, 0.25) is 0 Å². The lowest BCUT2D eigenvalue weighted by molar-refractivity contribution is 0.399. The van der Waals surface area contributed by atoms with Gasteiger partial charge in [-0.3, -0.25) is 0 Å². The summed E-state index contributed by atoms with van der Waals surface area (Å²) in [5.74, 6) is 2.30. The van der Waals surface area contributed by atoms with Crippen molar-refractivity contribution in [2.24, 2.45) is 17.8 Å². The standard InChI is InChI=1S/C15H19ClN2/c1-9-5-6-17-15(16)14(9)18-10(2)13-8-11-3-4-12(13)7-11/h3-6,10-13,18H,7-8H2,1-2H3. The number of allylic oxidation sites excluding steroid dienone is 2. The number of pyridine rings is 1. The monoisotopic (exact) mass is 262 g/mol. The van der Waals surface area contributed by atoms with Crippen molar-refractivity contribution in [1.29, 1.82) is 0 Å². The zero-order valence-electron chi connectivity index (χ0n) is 10.9. The lowest BCUT2D eigenvalue weighted by Gasteiger charge is -2.27. The van der Waals surface area contributed by atoms with E-state index in [1.807, 2.05) is 6.07 Å². The van der Waals surface area contributed by atoms with Crippen molar-refractivity contribution in [3.8, 4) is 0 Å². The predicted molar refractivity (Wildman–Crippen MR) is 75.9 cm³/mol. The van der Waals surface area contributed by atoms with Gasteiger partial charge in [0.25, 0.3) is 0 Å². The zero-order chi connectivity index (χ0) is 12.7. The van der Waals surface area contributed by atoms with Crippen LogP contribution >= 0.6 is 11.6 Å². The van der Waals surface area contributed by atoms with Crippen molar-refractivity contribution in [3.63, 3.8) is 0 Å². The molecular weight excluding hydrogens is 244 g/mol. The number of anilines is 1. The third kappa shape index (κ3) is 2.03. The van der Waals surface area contributed by atoms with Crippen molar-refractivity contribution in [2.45, 2.75) is 32.7 Å². The Bertz CT molecular complexity index is 463. The summed E-state index contributed by atoms with van der Waals surface area (Å²) in [7, 11) is 0. The largest absolute Gasteiger partial charge is 0.380 e. The molecule has 1 aromatic rings. The summed E-state index contributed by atoms with van der Waals surface area (Å²) in [4.78, 5) is 4.16. The minimum absolute atomic E-state index is 0.449. The van der Waals surface area contributed by atoms with Gasteiger partial charge in [-0.1, -0.05) is 23.8 Å². The van der Waals surface area contributed by atoms with E-state index in [9.17, 15) is 0 Å². The highest BCUT2D eigenvalue weighted by molar-refractivity contribution is 6.32. The van der Waals surface area contributed by atoms with Gasteiger partial charge in [-0.05, 0) is 56.1 Å². The Hall–Kier alpha value is -1.02. The van der Waals surface area contributed by atoms with E-state index in [1.165, 1.54) is 18.4 Å². The minimum atomic E-state index is 0.449. The molecule has 0 amide bonds. The van der Waals surface area contributed by atoms with Crippen molar-refractivity contribution in [1.82, 2.24) is 4.98 Å². The van der Waals surface area contributed by atoms with Gasteiger partial charge in [-0.15, -0.1) is 0 Å². The highest BCUT2D eigenvalue weighted by Crippen LogP contribution is 2.45. The first-order chi connectivity index (χ1) is 8.65. The summed E-state index contributed by atoms with van der Waals surface area (Å²) in [6.45, 7) is 4.34. The smallest absolute Gasteiger partial charge is 0.152 e. The Kier molecular flexibility index (Phi) is 3.06. The normalized spacial score (nSPS) is 30.7. The molecule has 0 radical (unpaired) electrons. The molecule has 2 nitrogen and oxygen atoms in total. The quantitative estimate of drug-likeness (QED) is 0.656. The second kappa shape index (κ2) is 4.58. The van der Waals surface area contributed by atoms with Crippen LogP contribution in [0, 0.1) is 24.7 Å². The Morgan fingerprint density at radius 2 is 2.22 bits per heavy atom. The van der Waals surface area contributed by atoms with Crippen LogP contribution in [0.15, 0.2) is 24.4 Å². The molecule has 0 spiro atoms.